The minimum Gasteiger partial charge on any atom is -0.493 e. The zero-order chi connectivity index (χ0) is 33.1. The van der Waals surface area contributed by atoms with Crippen molar-refractivity contribution < 1.29 is 22.7 Å². The third-order valence-electron chi connectivity index (χ3n) is 6.14. The van der Waals surface area contributed by atoms with Crippen LogP contribution < -0.4 is 5.32 Å². The third kappa shape index (κ3) is 16.7. The second-order valence-electron chi connectivity index (χ2n) is 10.8. The molecule has 3 rings (SSSR count). The molecular weight excluding hydrogens is 551 g/mol. The van der Waals surface area contributed by atoms with Gasteiger partial charge in [-0.15, -0.1) is 0 Å². The lowest BCUT2D eigenvalue weighted by molar-refractivity contribution is -0.115. The number of hydrogen-bond acceptors (Lipinski definition) is 5. The first-order chi connectivity index (χ1) is 20.2. The van der Waals surface area contributed by atoms with Gasteiger partial charge in [0, 0.05) is 24.2 Å². The second kappa shape index (κ2) is 20.5. The van der Waals surface area contributed by atoms with Crippen molar-refractivity contribution in [3.8, 4) is 0 Å². The first kappa shape index (κ1) is 39.6. The summed E-state index contributed by atoms with van der Waals surface area (Å²) in [4.78, 5) is 17.2. The normalized spacial score (nSPS) is 13.6. The number of ether oxygens (including phenoxy) is 1. The van der Waals surface area contributed by atoms with Gasteiger partial charge in [-0.25, -0.2) is 9.38 Å². The minimum atomic E-state index is -2.97. The summed E-state index contributed by atoms with van der Waals surface area (Å²) >= 11 is 0. The highest BCUT2D eigenvalue weighted by molar-refractivity contribution is 5.72. The number of aliphatic imine (C=N–C) groups is 1. The lowest BCUT2D eigenvalue weighted by Gasteiger charge is -2.20. The first-order valence-electron chi connectivity index (χ1n) is 15.0. The Morgan fingerprint density at radius 2 is 1.60 bits per heavy atom. The van der Waals surface area contributed by atoms with Gasteiger partial charge in [0.1, 0.15) is 29.7 Å². The van der Waals surface area contributed by atoms with Gasteiger partial charge in [-0.05, 0) is 77.1 Å². The number of nitrogens with zero attached hydrogens (tertiary/aromatic N) is 2. The molecule has 0 amide bonds. The van der Waals surface area contributed by atoms with Gasteiger partial charge in [-0.2, -0.15) is 8.78 Å². The van der Waals surface area contributed by atoms with E-state index >= 15 is 0 Å². The standard InChI is InChI=1S/C24H26F3N3O.2C4H10.C3H6O/c1-16-5-8-19(20(25)13-16)24(11-12-24)30-22(28-4)10-6-17(2)31-15-18-7-9-21(29-14-18)23(3,26)27;2*1-3-4-2;1-3(2)4/h5-10,13-14,30H,4,11-12,15H2,1-3H3;2*3-4H2,1-2H3;1-2H3/b17-6+,22-10+;;;. The second-order valence-corrected chi connectivity index (χ2v) is 10.8. The van der Waals surface area contributed by atoms with E-state index in [2.05, 4.69) is 49.7 Å². The van der Waals surface area contributed by atoms with E-state index < -0.39 is 11.5 Å². The number of Topliss-reactive ketones (excluding diaryl/α,β-unsaturated/α-hetero) is 1. The van der Waals surface area contributed by atoms with Crippen LogP contribution in [-0.2, 0) is 27.6 Å². The molecule has 1 aromatic carbocycles. The quantitative estimate of drug-likeness (QED) is 0.158. The zero-order valence-electron chi connectivity index (χ0n) is 27.6. The number of benzene rings is 1. The van der Waals surface area contributed by atoms with Crippen molar-refractivity contribution in [3.05, 3.63) is 88.5 Å². The fraction of sp³-hybridized carbons (Fsp3) is 0.514. The van der Waals surface area contributed by atoms with Crippen LogP contribution in [0.15, 0.2) is 65.3 Å². The molecule has 1 heterocycles. The number of unbranched alkanes of at least 4 members (excludes halogenated alkanes) is 2. The van der Waals surface area contributed by atoms with Crippen molar-refractivity contribution in [3.63, 3.8) is 0 Å². The Labute approximate surface area is 257 Å². The summed E-state index contributed by atoms with van der Waals surface area (Å²) in [6.07, 6.45) is 11.7. The molecule has 0 bridgehead atoms. The number of carbonyl (C=O) groups is 1. The maximum absolute atomic E-state index is 14.4. The van der Waals surface area contributed by atoms with Crippen molar-refractivity contribution >= 4 is 12.5 Å². The van der Waals surface area contributed by atoms with Gasteiger partial charge in [0.25, 0.3) is 5.92 Å². The molecule has 2 aromatic rings. The average Bonchev–Trinajstić information content (AvgIpc) is 3.74. The minimum absolute atomic E-state index is 0.167. The van der Waals surface area contributed by atoms with Gasteiger partial charge in [-0.1, -0.05) is 71.6 Å². The van der Waals surface area contributed by atoms with Crippen LogP contribution in [0.2, 0.25) is 0 Å². The van der Waals surface area contributed by atoms with Crippen LogP contribution >= 0.6 is 0 Å². The summed E-state index contributed by atoms with van der Waals surface area (Å²) in [5.74, 6) is -1.93. The highest BCUT2D eigenvalue weighted by Crippen LogP contribution is 2.47. The molecule has 43 heavy (non-hydrogen) atoms. The molecule has 1 saturated carbocycles. The maximum Gasteiger partial charge on any atom is 0.286 e. The Bertz CT molecular complexity index is 1150. The van der Waals surface area contributed by atoms with Crippen LogP contribution in [0, 0.1) is 12.7 Å². The van der Waals surface area contributed by atoms with E-state index in [4.69, 9.17) is 4.74 Å². The van der Waals surface area contributed by atoms with E-state index in [0.29, 0.717) is 22.7 Å². The largest absolute Gasteiger partial charge is 0.493 e. The SMILES string of the molecule is C=N/C(=C\C=C(/C)OCc1ccc(C(C)(F)F)nc1)NC1(c2ccc(C)cc2F)CC1.CC(C)=O.CCCC.CCCC. The van der Waals surface area contributed by atoms with E-state index in [1.165, 1.54) is 57.9 Å². The Hall–Kier alpha value is -3.42. The molecule has 1 N–H and O–H groups in total. The molecule has 0 aliphatic heterocycles. The Morgan fingerprint density at radius 1 is 1.05 bits per heavy atom. The molecule has 1 aliphatic rings. The van der Waals surface area contributed by atoms with E-state index in [1.807, 2.05) is 19.1 Å². The molecule has 240 valence electrons. The van der Waals surface area contributed by atoms with Gasteiger partial charge in [0.15, 0.2) is 0 Å². The van der Waals surface area contributed by atoms with Crippen molar-refractivity contribution in [2.45, 2.75) is 119 Å². The van der Waals surface area contributed by atoms with E-state index in [0.717, 1.165) is 25.3 Å². The van der Waals surface area contributed by atoms with Gasteiger partial charge < -0.3 is 14.8 Å². The molecule has 1 fully saturated rings. The van der Waals surface area contributed by atoms with Crippen LogP contribution in [-0.4, -0.2) is 17.5 Å². The average molecular weight is 604 g/mol. The van der Waals surface area contributed by atoms with E-state index in [-0.39, 0.29) is 23.9 Å². The molecular formula is C35H52F3N3O2. The number of alkyl halides is 2. The lowest BCUT2D eigenvalue weighted by Crippen LogP contribution is -2.28. The molecule has 1 aromatic heterocycles. The van der Waals surface area contributed by atoms with Crippen LogP contribution in [0.25, 0.3) is 0 Å². The number of pyridine rings is 1. The number of nitrogens with one attached hydrogen (secondary N) is 1. The smallest absolute Gasteiger partial charge is 0.286 e. The monoisotopic (exact) mass is 603 g/mol. The molecule has 1 aliphatic carbocycles. The highest BCUT2D eigenvalue weighted by Gasteiger charge is 2.46. The van der Waals surface area contributed by atoms with Gasteiger partial charge in [0.2, 0.25) is 0 Å². The van der Waals surface area contributed by atoms with Crippen LogP contribution in [0.1, 0.15) is 116 Å². The topological polar surface area (TPSA) is 63.6 Å². The van der Waals surface area contributed by atoms with E-state index in [9.17, 15) is 18.0 Å². The number of hydrogen-bond donors (Lipinski definition) is 1. The van der Waals surface area contributed by atoms with Crippen molar-refractivity contribution in [1.29, 1.82) is 0 Å². The summed E-state index contributed by atoms with van der Waals surface area (Å²) < 4.78 is 46.5. The van der Waals surface area contributed by atoms with Crippen molar-refractivity contribution in [2.75, 3.05) is 0 Å². The fourth-order valence-corrected chi connectivity index (χ4v) is 3.19. The number of ketones is 1. The highest BCUT2D eigenvalue weighted by atomic mass is 19.3. The number of aromatic nitrogens is 1. The van der Waals surface area contributed by atoms with Crippen molar-refractivity contribution in [1.82, 2.24) is 10.3 Å². The van der Waals surface area contributed by atoms with Crippen LogP contribution in [0.4, 0.5) is 13.2 Å². The predicted molar refractivity (Wildman–Crippen MR) is 173 cm³/mol. The number of aryl methyl sites for hydroxylation is 1. The first-order valence-corrected chi connectivity index (χ1v) is 15.0. The van der Waals surface area contributed by atoms with Crippen LogP contribution in [0.3, 0.4) is 0 Å². The maximum atomic E-state index is 14.4. The number of rotatable bonds is 11. The molecule has 0 radical (unpaired) electrons. The lowest BCUT2D eigenvalue weighted by atomic mass is 10.0. The summed E-state index contributed by atoms with van der Waals surface area (Å²) in [5, 5.41) is 3.29. The Kier molecular flexibility index (Phi) is 18.9. The van der Waals surface area contributed by atoms with Crippen LogP contribution in [0.5, 0.6) is 0 Å². The van der Waals surface area contributed by atoms with Gasteiger partial charge >= 0.3 is 0 Å². The number of allylic oxidation sites excluding steroid dienone is 3. The molecule has 8 heteroatoms. The third-order valence-corrected chi connectivity index (χ3v) is 6.14. The van der Waals surface area contributed by atoms with Gasteiger partial charge in [0.05, 0.1) is 11.3 Å². The van der Waals surface area contributed by atoms with Crippen molar-refractivity contribution in [2.24, 2.45) is 4.99 Å². The summed E-state index contributed by atoms with van der Waals surface area (Å²) in [5.41, 5.74) is 1.43. The summed E-state index contributed by atoms with van der Waals surface area (Å²) in [7, 11) is 0. The molecule has 0 spiro atoms. The van der Waals surface area contributed by atoms with E-state index in [1.54, 1.807) is 25.1 Å². The fourth-order valence-electron chi connectivity index (χ4n) is 3.19. The molecule has 0 saturated heterocycles. The summed E-state index contributed by atoms with van der Waals surface area (Å²) in [6, 6.07) is 8.09. The zero-order valence-corrected chi connectivity index (χ0v) is 27.6. The Morgan fingerprint density at radius 3 is 2.00 bits per heavy atom. The number of halogens is 3. The summed E-state index contributed by atoms with van der Waals surface area (Å²) in [6.45, 7) is 20.0. The molecule has 0 atom stereocenters. The number of carbonyl (C=O) groups excluding carboxylic acids is 1. The Balaban J connectivity index is 0.00000125. The van der Waals surface area contributed by atoms with Gasteiger partial charge in [-0.3, -0.25) is 4.98 Å². The molecule has 0 unspecified atom stereocenters. The predicted octanol–water partition coefficient (Wildman–Crippen LogP) is 10.1. The molecule has 5 nitrogen and oxygen atoms in total.